The fourth-order valence-electron chi connectivity index (χ4n) is 18.9. The van der Waals surface area contributed by atoms with E-state index in [9.17, 15) is 0 Å². The van der Waals surface area contributed by atoms with Crippen molar-refractivity contribution < 1.29 is 0 Å². The maximum absolute atomic E-state index is 5.36. The van der Waals surface area contributed by atoms with Crippen LogP contribution >= 0.6 is 0 Å². The van der Waals surface area contributed by atoms with Gasteiger partial charge in [0.25, 0.3) is 0 Å². The summed E-state index contributed by atoms with van der Waals surface area (Å²) in [5.41, 5.74) is 36.8. The molecule has 0 N–H and O–H groups in total. The molecule has 2 heterocycles. The molecule has 110 heavy (non-hydrogen) atoms. The zero-order valence-electron chi connectivity index (χ0n) is 61.0. The molecule has 2 heteroatoms. The molecule has 0 bridgehead atoms. The van der Waals surface area contributed by atoms with Crippen molar-refractivity contribution in [3.8, 4) is 134 Å². The van der Waals surface area contributed by atoms with Crippen LogP contribution in [0, 0.1) is 0 Å². The van der Waals surface area contributed by atoms with Gasteiger partial charge in [-0.2, -0.15) is 0 Å². The van der Waals surface area contributed by atoms with Crippen LogP contribution in [0.15, 0.2) is 401 Å². The molecule has 0 atom stereocenters. The Morgan fingerprint density at radius 3 is 0.882 bits per heavy atom. The summed E-state index contributed by atoms with van der Waals surface area (Å²) in [7, 11) is 0. The quantitative estimate of drug-likeness (QED) is 0.135. The van der Waals surface area contributed by atoms with Gasteiger partial charge in [-0.05, 0) is 195 Å². The minimum Gasteiger partial charge on any atom is -0.256 e. The summed E-state index contributed by atoms with van der Waals surface area (Å²) >= 11 is 0. The molecule has 2 aromatic heterocycles. The molecule has 0 unspecified atom stereocenters. The number of aromatic nitrogens is 2. The Balaban J connectivity index is 0.000000140. The van der Waals surface area contributed by atoms with E-state index in [0.717, 1.165) is 28.1 Å². The lowest BCUT2D eigenvalue weighted by molar-refractivity contribution is 0.660. The van der Waals surface area contributed by atoms with Crippen molar-refractivity contribution in [2.45, 2.75) is 24.7 Å². The van der Waals surface area contributed by atoms with Crippen molar-refractivity contribution in [2.24, 2.45) is 0 Å². The van der Waals surface area contributed by atoms with Gasteiger partial charge < -0.3 is 0 Å². The SMILES string of the molecule is CC1(C)c2ccccc2-c2ccc(-c3ccc(-c4ccc(-c5c6ccccc6c(-c6ccc(-c7ccccc7)cc6)c6ccccc56)cn4)cc3)cc21.c1ccc(-c2ccc(-c3c4ccccc4c(-c4ccc(-c5cccc6c5C5(c7ccccc7-c7ccccc75)c5ccccc5-6)nc4)c4ccccc34)cc2)cc1. The first-order valence-corrected chi connectivity index (χ1v) is 38.2. The number of nitrogens with zero attached hydrogens (tertiary/aromatic N) is 2. The van der Waals surface area contributed by atoms with Crippen LogP contribution in [0.3, 0.4) is 0 Å². The van der Waals surface area contributed by atoms with Crippen LogP contribution in [0.25, 0.3) is 177 Å². The summed E-state index contributed by atoms with van der Waals surface area (Å²) in [5.74, 6) is 0. The van der Waals surface area contributed by atoms with E-state index >= 15 is 0 Å². The summed E-state index contributed by atoms with van der Waals surface area (Å²) in [6, 6.07) is 142. The Kier molecular flexibility index (Phi) is 15.2. The van der Waals surface area contributed by atoms with Gasteiger partial charge in [-0.15, -0.1) is 0 Å². The Morgan fingerprint density at radius 1 is 0.182 bits per heavy atom. The fraction of sp³-hybridized carbons (Fsp3) is 0.0370. The highest BCUT2D eigenvalue weighted by atomic mass is 14.7. The van der Waals surface area contributed by atoms with Crippen LogP contribution in [0.1, 0.15) is 47.2 Å². The third-order valence-electron chi connectivity index (χ3n) is 23.9. The zero-order chi connectivity index (χ0) is 73.0. The summed E-state index contributed by atoms with van der Waals surface area (Å²) in [6.45, 7) is 4.68. The van der Waals surface area contributed by atoms with Gasteiger partial charge >= 0.3 is 0 Å². The van der Waals surface area contributed by atoms with Gasteiger partial charge in [0.05, 0.1) is 16.8 Å². The highest BCUT2D eigenvalue weighted by Gasteiger charge is 2.53. The summed E-state index contributed by atoms with van der Waals surface area (Å²) in [4.78, 5) is 10.4. The van der Waals surface area contributed by atoms with Gasteiger partial charge in [0.15, 0.2) is 0 Å². The van der Waals surface area contributed by atoms with Crippen molar-refractivity contribution >= 4 is 43.1 Å². The monoisotopic (exact) mass is 1400 g/mol. The smallest absolute Gasteiger partial charge is 0.0732 e. The zero-order valence-corrected chi connectivity index (χ0v) is 61.0. The van der Waals surface area contributed by atoms with E-state index in [1.54, 1.807) is 0 Å². The second-order valence-electron chi connectivity index (χ2n) is 30.1. The van der Waals surface area contributed by atoms with Crippen LogP contribution in [0.2, 0.25) is 0 Å². The molecule has 0 saturated carbocycles. The van der Waals surface area contributed by atoms with E-state index in [-0.39, 0.29) is 5.41 Å². The average Bonchev–Trinajstić information content (AvgIpc) is 1.49. The van der Waals surface area contributed by atoms with E-state index in [1.807, 2.05) is 6.20 Å². The minimum atomic E-state index is -0.433. The lowest BCUT2D eigenvalue weighted by Crippen LogP contribution is -2.26. The van der Waals surface area contributed by atoms with Crippen molar-refractivity contribution in [3.63, 3.8) is 0 Å². The molecule has 0 saturated heterocycles. The predicted octanol–water partition coefficient (Wildman–Crippen LogP) is 28.4. The molecule has 0 amide bonds. The van der Waals surface area contributed by atoms with Crippen LogP contribution < -0.4 is 0 Å². The van der Waals surface area contributed by atoms with Crippen LogP contribution in [-0.4, -0.2) is 9.97 Å². The Labute approximate surface area is 641 Å². The van der Waals surface area contributed by atoms with E-state index in [1.165, 1.54) is 182 Å². The first-order chi connectivity index (χ1) is 54.3. The van der Waals surface area contributed by atoms with E-state index in [2.05, 4.69) is 408 Å². The molecular weight excluding hydrogens is 1330 g/mol. The molecule has 0 fully saturated rings. The normalized spacial score (nSPS) is 13.0. The maximum atomic E-state index is 5.36. The van der Waals surface area contributed by atoms with Crippen molar-refractivity contribution in [1.82, 2.24) is 9.97 Å². The van der Waals surface area contributed by atoms with E-state index < -0.39 is 5.41 Å². The number of hydrogen-bond donors (Lipinski definition) is 0. The number of rotatable bonds is 9. The number of pyridine rings is 2. The largest absolute Gasteiger partial charge is 0.256 e. The van der Waals surface area contributed by atoms with E-state index in [4.69, 9.17) is 9.97 Å². The number of fused-ring (bicyclic) bond motifs is 17. The fourth-order valence-corrected chi connectivity index (χ4v) is 18.9. The molecule has 514 valence electrons. The Hall–Kier alpha value is -13.9. The standard InChI is InChI=1S/C56H35N.C52H37N/c1-2-15-36(16-3-1)37-29-31-38(32-30-37)53-43-20-4-6-22-45(43)54(46-23-7-5-21-44(46)53)39-33-34-52(57-35-39)48-25-14-24-47-42-19-10-13-28-51(42)56(55(47)48)49-26-11-8-17-40(49)41-18-9-12-27-50(41)56;1-52(2)47-19-11-10-14-41(47)42-30-28-39(32-48(42)52)36-20-24-37(25-21-36)49-31-29-40(33-53-49)51-45-17-8-6-15-43(45)50(44-16-7-9-18-46(44)51)38-26-22-35(23-27-38)34-12-4-3-5-13-34/h1-35H;3-33H,1-2H3. The average molecular weight is 1400 g/mol. The number of benzene rings is 17. The number of hydrogen-bond acceptors (Lipinski definition) is 2. The summed E-state index contributed by atoms with van der Waals surface area (Å²) in [6.07, 6.45) is 4.15. The molecule has 22 rings (SSSR count). The Morgan fingerprint density at radius 2 is 0.464 bits per heavy atom. The molecule has 0 radical (unpaired) electrons. The third-order valence-corrected chi connectivity index (χ3v) is 23.9. The second-order valence-corrected chi connectivity index (χ2v) is 30.1. The predicted molar refractivity (Wildman–Crippen MR) is 461 cm³/mol. The maximum Gasteiger partial charge on any atom is 0.0732 e. The van der Waals surface area contributed by atoms with Crippen LogP contribution in [-0.2, 0) is 10.8 Å². The highest BCUT2D eigenvalue weighted by Crippen LogP contribution is 2.65. The van der Waals surface area contributed by atoms with E-state index in [0.29, 0.717) is 0 Å². The molecule has 3 aliphatic rings. The molecule has 17 aromatic carbocycles. The highest BCUT2D eigenvalue weighted by molar-refractivity contribution is 6.23. The second kappa shape index (κ2) is 26.0. The summed E-state index contributed by atoms with van der Waals surface area (Å²) < 4.78 is 0. The lowest BCUT2D eigenvalue weighted by atomic mass is 9.69. The topological polar surface area (TPSA) is 25.8 Å². The van der Waals surface area contributed by atoms with Crippen molar-refractivity contribution in [3.05, 3.63) is 434 Å². The molecular formula is C108H72N2. The molecule has 19 aromatic rings. The van der Waals surface area contributed by atoms with Gasteiger partial charge in [0.1, 0.15) is 0 Å². The minimum absolute atomic E-state index is 0.0152. The van der Waals surface area contributed by atoms with Crippen LogP contribution in [0.4, 0.5) is 0 Å². The molecule has 0 aliphatic heterocycles. The molecule has 1 spiro atoms. The van der Waals surface area contributed by atoms with Crippen molar-refractivity contribution in [1.29, 1.82) is 0 Å². The molecule has 3 aliphatic carbocycles. The van der Waals surface area contributed by atoms with Gasteiger partial charge in [-0.1, -0.05) is 384 Å². The summed E-state index contributed by atoms with van der Waals surface area (Å²) in [5, 5.41) is 9.87. The lowest BCUT2D eigenvalue weighted by Gasteiger charge is -2.32. The van der Waals surface area contributed by atoms with Gasteiger partial charge in [0.2, 0.25) is 0 Å². The van der Waals surface area contributed by atoms with Gasteiger partial charge in [-0.25, -0.2) is 0 Å². The first kappa shape index (κ1) is 64.5. The first-order valence-electron chi connectivity index (χ1n) is 38.2. The van der Waals surface area contributed by atoms with Gasteiger partial charge in [-0.3, -0.25) is 9.97 Å². The molecule has 2 nitrogen and oxygen atoms in total. The van der Waals surface area contributed by atoms with Crippen LogP contribution in [0.5, 0.6) is 0 Å². The third kappa shape index (κ3) is 10.2. The van der Waals surface area contributed by atoms with Gasteiger partial charge in [0, 0.05) is 40.1 Å². The van der Waals surface area contributed by atoms with Crippen molar-refractivity contribution in [2.75, 3.05) is 0 Å². The Bertz CT molecular complexity index is 6680.